The number of H-pyrrole nitrogens is 1. The summed E-state index contributed by atoms with van der Waals surface area (Å²) in [6.45, 7) is 2.84. The van der Waals surface area contributed by atoms with Crippen LogP contribution in [0.25, 0.3) is 22.1 Å². The number of aromatic amines is 1. The van der Waals surface area contributed by atoms with Crippen LogP contribution in [0.15, 0.2) is 57.7 Å². The Morgan fingerprint density at radius 1 is 1.09 bits per heavy atom. The molecule has 0 bridgehead atoms. The fraction of sp³-hybridized carbons (Fsp3) is 0.292. The third-order valence-electron chi connectivity index (χ3n) is 6.08. The van der Waals surface area contributed by atoms with Crippen molar-refractivity contribution in [3.63, 3.8) is 0 Å². The number of anilines is 1. The lowest BCUT2D eigenvalue weighted by Crippen LogP contribution is -2.53. The zero-order chi connectivity index (χ0) is 22.4. The number of furan rings is 1. The zero-order valence-electron chi connectivity index (χ0n) is 17.8. The highest BCUT2D eigenvalue weighted by Crippen LogP contribution is 2.34. The molecule has 168 valence electrons. The predicted molar refractivity (Wildman–Crippen MR) is 121 cm³/mol. The molecule has 2 aliphatic rings. The lowest BCUT2D eigenvalue weighted by molar-refractivity contribution is -0.142. The molecular formula is C24H22N4O5. The lowest BCUT2D eigenvalue weighted by atomic mass is 10.1. The standard InChI is InChI=1S/C24H22N4O5/c29-23-22-21(15-5-1-3-7-17(15)33-22)25-20(26-23)14-28-13-19(24(30)27-9-11-31-12-10-27)32-18-8-4-2-6-16(18)28/h1-8,19H,9-14H2,(H,25,26,29). The van der Waals surface area contributed by atoms with Crippen LogP contribution in [0, 0.1) is 0 Å². The first-order valence-electron chi connectivity index (χ1n) is 10.9. The van der Waals surface area contributed by atoms with Crippen LogP contribution >= 0.6 is 0 Å². The molecule has 1 atom stereocenters. The maximum atomic E-state index is 13.1. The van der Waals surface area contributed by atoms with Crippen LogP contribution in [-0.2, 0) is 16.1 Å². The summed E-state index contributed by atoms with van der Waals surface area (Å²) in [5.41, 5.74) is 1.89. The van der Waals surface area contributed by atoms with E-state index in [0.717, 1.165) is 11.1 Å². The van der Waals surface area contributed by atoms with Gasteiger partial charge >= 0.3 is 0 Å². The molecule has 2 aromatic carbocycles. The average Bonchev–Trinajstić information content (AvgIpc) is 3.23. The van der Waals surface area contributed by atoms with Crippen molar-refractivity contribution in [2.75, 3.05) is 37.7 Å². The molecule has 4 aromatic rings. The third-order valence-corrected chi connectivity index (χ3v) is 6.08. The number of hydrogen-bond donors (Lipinski definition) is 1. The average molecular weight is 446 g/mol. The number of fused-ring (bicyclic) bond motifs is 4. The number of amides is 1. The van der Waals surface area contributed by atoms with Crippen molar-refractivity contribution in [3.05, 3.63) is 64.7 Å². The second kappa shape index (κ2) is 7.93. The minimum absolute atomic E-state index is 0.0597. The molecule has 9 heteroatoms. The number of nitrogens with zero attached hydrogens (tertiary/aromatic N) is 3. The monoisotopic (exact) mass is 446 g/mol. The fourth-order valence-corrected chi connectivity index (χ4v) is 4.48. The molecule has 0 radical (unpaired) electrons. The van der Waals surface area contributed by atoms with Crippen LogP contribution in [0.4, 0.5) is 5.69 Å². The molecule has 1 amide bonds. The molecule has 4 heterocycles. The molecule has 0 spiro atoms. The lowest BCUT2D eigenvalue weighted by Gasteiger charge is -2.38. The molecule has 1 fully saturated rings. The van der Waals surface area contributed by atoms with Gasteiger partial charge in [-0.3, -0.25) is 9.59 Å². The molecule has 1 N–H and O–H groups in total. The van der Waals surface area contributed by atoms with Crippen molar-refractivity contribution >= 4 is 33.7 Å². The first-order valence-corrected chi connectivity index (χ1v) is 10.9. The van der Waals surface area contributed by atoms with Gasteiger partial charge < -0.3 is 28.7 Å². The van der Waals surface area contributed by atoms with E-state index in [2.05, 4.69) is 4.98 Å². The SMILES string of the molecule is O=C(C1CN(Cc2nc3c(oc4ccccc43)c(=O)[nH]2)c2ccccc2O1)N1CCOCC1. The van der Waals surface area contributed by atoms with Gasteiger partial charge in [0.1, 0.15) is 22.7 Å². The molecule has 9 nitrogen and oxygen atoms in total. The van der Waals surface area contributed by atoms with Crippen LogP contribution in [0.5, 0.6) is 5.75 Å². The number of nitrogens with one attached hydrogen (secondary N) is 1. The Kier molecular flexibility index (Phi) is 4.76. The second-order valence-corrected chi connectivity index (χ2v) is 8.18. The summed E-state index contributed by atoms with van der Waals surface area (Å²) in [6.07, 6.45) is -0.650. The van der Waals surface area contributed by atoms with Crippen molar-refractivity contribution in [1.29, 1.82) is 0 Å². The summed E-state index contributed by atoms with van der Waals surface area (Å²) in [5, 5.41) is 0.794. The van der Waals surface area contributed by atoms with E-state index >= 15 is 0 Å². The molecular weight excluding hydrogens is 424 g/mol. The number of hydrogen-bond acceptors (Lipinski definition) is 7. The minimum atomic E-state index is -0.650. The third kappa shape index (κ3) is 3.50. The maximum absolute atomic E-state index is 13.1. The van der Waals surface area contributed by atoms with E-state index in [9.17, 15) is 9.59 Å². The highest BCUT2D eigenvalue weighted by atomic mass is 16.5. The van der Waals surface area contributed by atoms with E-state index in [4.69, 9.17) is 18.9 Å². The number of ether oxygens (including phenoxy) is 2. The van der Waals surface area contributed by atoms with Crippen molar-refractivity contribution < 1.29 is 18.7 Å². The number of benzene rings is 2. The molecule has 1 unspecified atom stereocenters. The number of carbonyl (C=O) groups is 1. The molecule has 2 aromatic heterocycles. The predicted octanol–water partition coefficient (Wildman–Crippen LogP) is 2.30. The van der Waals surface area contributed by atoms with Gasteiger partial charge in [0.15, 0.2) is 6.10 Å². The van der Waals surface area contributed by atoms with Gasteiger partial charge in [-0.05, 0) is 24.3 Å². The van der Waals surface area contributed by atoms with Crippen LogP contribution in [0.1, 0.15) is 5.82 Å². The van der Waals surface area contributed by atoms with Gasteiger partial charge in [-0.2, -0.15) is 0 Å². The van der Waals surface area contributed by atoms with Crippen molar-refractivity contribution in [3.8, 4) is 5.75 Å². The summed E-state index contributed by atoms with van der Waals surface area (Å²) < 4.78 is 17.1. The Hall–Kier alpha value is -3.85. The Balaban J connectivity index is 1.34. The van der Waals surface area contributed by atoms with Gasteiger partial charge in [0, 0.05) is 18.5 Å². The van der Waals surface area contributed by atoms with E-state index in [1.807, 2.05) is 53.4 Å². The van der Waals surface area contributed by atoms with E-state index < -0.39 is 6.10 Å². The Labute approximate surface area is 188 Å². The van der Waals surface area contributed by atoms with Gasteiger partial charge in [0.25, 0.3) is 11.5 Å². The van der Waals surface area contributed by atoms with Crippen LogP contribution in [0.3, 0.4) is 0 Å². The van der Waals surface area contributed by atoms with E-state index in [1.54, 1.807) is 4.90 Å². The highest BCUT2D eigenvalue weighted by molar-refractivity contribution is 6.01. The quantitative estimate of drug-likeness (QED) is 0.515. The summed E-state index contributed by atoms with van der Waals surface area (Å²) in [5.74, 6) is 1.07. The van der Waals surface area contributed by atoms with Crippen LogP contribution < -0.4 is 15.2 Å². The largest absolute Gasteiger partial charge is 0.477 e. The second-order valence-electron chi connectivity index (χ2n) is 8.18. The number of rotatable bonds is 3. The van der Waals surface area contributed by atoms with Gasteiger partial charge in [0.2, 0.25) is 5.58 Å². The van der Waals surface area contributed by atoms with Crippen molar-refractivity contribution in [2.45, 2.75) is 12.6 Å². The first kappa shape index (κ1) is 19.8. The number of morpholine rings is 1. The molecule has 1 saturated heterocycles. The molecule has 0 aliphatic carbocycles. The van der Waals surface area contributed by atoms with Crippen molar-refractivity contribution in [1.82, 2.24) is 14.9 Å². The molecule has 6 rings (SSSR count). The fourth-order valence-electron chi connectivity index (χ4n) is 4.48. The summed E-state index contributed by atoms with van der Waals surface area (Å²) >= 11 is 0. The zero-order valence-corrected chi connectivity index (χ0v) is 17.8. The maximum Gasteiger partial charge on any atom is 0.294 e. The molecule has 2 aliphatic heterocycles. The number of para-hydroxylation sites is 3. The summed E-state index contributed by atoms with van der Waals surface area (Å²) in [4.78, 5) is 37.2. The highest BCUT2D eigenvalue weighted by Gasteiger charge is 2.34. The number of aromatic nitrogens is 2. The van der Waals surface area contributed by atoms with E-state index in [0.29, 0.717) is 62.1 Å². The smallest absolute Gasteiger partial charge is 0.294 e. The Morgan fingerprint density at radius 3 is 2.76 bits per heavy atom. The van der Waals surface area contributed by atoms with Gasteiger partial charge in [-0.15, -0.1) is 0 Å². The van der Waals surface area contributed by atoms with E-state index in [1.165, 1.54) is 0 Å². The Bertz CT molecular complexity index is 1410. The Morgan fingerprint density at radius 2 is 1.88 bits per heavy atom. The minimum Gasteiger partial charge on any atom is -0.477 e. The van der Waals surface area contributed by atoms with E-state index in [-0.39, 0.29) is 17.0 Å². The van der Waals surface area contributed by atoms with Gasteiger partial charge in [0.05, 0.1) is 32.0 Å². The van der Waals surface area contributed by atoms with Crippen molar-refractivity contribution in [2.24, 2.45) is 0 Å². The first-order chi connectivity index (χ1) is 16.2. The normalized spacial score (nSPS) is 18.4. The molecule has 33 heavy (non-hydrogen) atoms. The molecule has 0 saturated carbocycles. The van der Waals surface area contributed by atoms with Gasteiger partial charge in [-0.1, -0.05) is 24.3 Å². The summed E-state index contributed by atoms with van der Waals surface area (Å²) in [6, 6.07) is 15.0. The van der Waals surface area contributed by atoms with Gasteiger partial charge in [-0.25, -0.2) is 4.98 Å². The number of carbonyl (C=O) groups excluding carboxylic acids is 1. The summed E-state index contributed by atoms with van der Waals surface area (Å²) in [7, 11) is 0. The van der Waals surface area contributed by atoms with Crippen LogP contribution in [-0.4, -0.2) is 59.7 Å². The topological polar surface area (TPSA) is 101 Å². The van der Waals surface area contributed by atoms with Crippen LogP contribution in [0.2, 0.25) is 0 Å².